The second kappa shape index (κ2) is 8.73. The molecule has 1 saturated heterocycles. The van der Waals surface area contributed by atoms with E-state index >= 15 is 0 Å². The van der Waals surface area contributed by atoms with E-state index in [4.69, 9.17) is 15.2 Å². The molecule has 1 fully saturated rings. The van der Waals surface area contributed by atoms with Gasteiger partial charge in [0.05, 0.1) is 20.3 Å². The topological polar surface area (TPSA) is 60.1 Å². The third-order valence-electron chi connectivity index (χ3n) is 4.60. The fraction of sp³-hybridized carbons (Fsp3) is 0.588. The van der Waals surface area contributed by atoms with E-state index in [1.54, 1.807) is 7.11 Å². The Morgan fingerprint density at radius 3 is 2.91 bits per heavy atom. The van der Waals surface area contributed by atoms with E-state index in [-0.39, 0.29) is 24.0 Å². The molecule has 1 aliphatic carbocycles. The van der Waals surface area contributed by atoms with E-state index in [0.29, 0.717) is 11.9 Å². The average Bonchev–Trinajstić information content (AvgIpc) is 2.59. The van der Waals surface area contributed by atoms with Crippen LogP contribution in [0.2, 0.25) is 0 Å². The van der Waals surface area contributed by atoms with E-state index in [9.17, 15) is 0 Å². The SMILES string of the molecule is COc1ccc2c(c1)CCCC2CN=C(N)N1CCOCC1.I. The van der Waals surface area contributed by atoms with E-state index in [1.807, 2.05) is 6.07 Å². The van der Waals surface area contributed by atoms with Gasteiger partial charge in [-0.2, -0.15) is 0 Å². The van der Waals surface area contributed by atoms with Gasteiger partial charge in [-0.05, 0) is 42.5 Å². The van der Waals surface area contributed by atoms with Crippen molar-refractivity contribution in [1.82, 2.24) is 4.90 Å². The van der Waals surface area contributed by atoms with Crippen molar-refractivity contribution in [1.29, 1.82) is 0 Å². The molecule has 1 unspecified atom stereocenters. The van der Waals surface area contributed by atoms with Crippen LogP contribution < -0.4 is 10.5 Å². The van der Waals surface area contributed by atoms with Gasteiger partial charge in [0.1, 0.15) is 5.75 Å². The minimum Gasteiger partial charge on any atom is -0.497 e. The van der Waals surface area contributed by atoms with Crippen LogP contribution in [0.1, 0.15) is 29.9 Å². The van der Waals surface area contributed by atoms with Crippen LogP contribution in [0.5, 0.6) is 5.75 Å². The maximum atomic E-state index is 6.13. The second-order valence-corrected chi connectivity index (χ2v) is 5.95. The summed E-state index contributed by atoms with van der Waals surface area (Å²) in [4.78, 5) is 6.76. The summed E-state index contributed by atoms with van der Waals surface area (Å²) in [5, 5.41) is 0. The Hall–Kier alpha value is -1.02. The van der Waals surface area contributed by atoms with Gasteiger partial charge in [-0.25, -0.2) is 0 Å². The molecule has 0 amide bonds. The Labute approximate surface area is 155 Å². The number of ether oxygens (including phenoxy) is 2. The molecule has 6 heteroatoms. The summed E-state index contributed by atoms with van der Waals surface area (Å²) in [7, 11) is 1.72. The minimum absolute atomic E-state index is 0. The van der Waals surface area contributed by atoms with Crippen molar-refractivity contribution in [2.45, 2.75) is 25.2 Å². The largest absolute Gasteiger partial charge is 0.497 e. The Morgan fingerprint density at radius 2 is 2.17 bits per heavy atom. The molecule has 1 aliphatic heterocycles. The van der Waals surface area contributed by atoms with Gasteiger partial charge in [0.2, 0.25) is 0 Å². The minimum atomic E-state index is 0. The summed E-state index contributed by atoms with van der Waals surface area (Å²) >= 11 is 0. The molecular formula is C17H26IN3O2. The number of hydrogen-bond donors (Lipinski definition) is 1. The zero-order valence-electron chi connectivity index (χ0n) is 13.7. The van der Waals surface area contributed by atoms with Crippen molar-refractivity contribution in [2.75, 3.05) is 40.0 Å². The Balaban J connectivity index is 0.00000192. The van der Waals surface area contributed by atoms with Gasteiger partial charge in [0.15, 0.2) is 5.96 Å². The lowest BCUT2D eigenvalue weighted by molar-refractivity contribution is 0.0674. The van der Waals surface area contributed by atoms with Crippen molar-refractivity contribution in [3.05, 3.63) is 29.3 Å². The highest BCUT2D eigenvalue weighted by molar-refractivity contribution is 14.0. The van der Waals surface area contributed by atoms with Crippen molar-refractivity contribution >= 4 is 29.9 Å². The molecule has 2 aliphatic rings. The highest BCUT2D eigenvalue weighted by Gasteiger charge is 2.21. The van der Waals surface area contributed by atoms with Gasteiger partial charge in [0, 0.05) is 25.6 Å². The van der Waals surface area contributed by atoms with Gasteiger partial charge in [0.25, 0.3) is 0 Å². The molecule has 128 valence electrons. The maximum Gasteiger partial charge on any atom is 0.191 e. The Morgan fingerprint density at radius 1 is 1.39 bits per heavy atom. The first-order chi connectivity index (χ1) is 10.8. The van der Waals surface area contributed by atoms with Gasteiger partial charge in [-0.1, -0.05) is 6.07 Å². The number of nitrogens with two attached hydrogens (primary N) is 1. The van der Waals surface area contributed by atoms with Gasteiger partial charge in [-0.3, -0.25) is 4.99 Å². The number of rotatable bonds is 3. The number of methoxy groups -OCH3 is 1. The normalized spacial score (nSPS) is 21.3. The third-order valence-corrected chi connectivity index (χ3v) is 4.60. The van der Waals surface area contributed by atoms with Crippen LogP contribution >= 0.6 is 24.0 Å². The number of guanidine groups is 1. The zero-order chi connectivity index (χ0) is 15.4. The number of halogens is 1. The molecule has 2 N–H and O–H groups in total. The molecule has 0 spiro atoms. The van der Waals surface area contributed by atoms with E-state index < -0.39 is 0 Å². The number of aliphatic imine (C=N–C) groups is 1. The highest BCUT2D eigenvalue weighted by atomic mass is 127. The lowest BCUT2D eigenvalue weighted by atomic mass is 9.83. The zero-order valence-corrected chi connectivity index (χ0v) is 16.0. The van der Waals surface area contributed by atoms with Crippen LogP contribution in [0.25, 0.3) is 0 Å². The number of fused-ring (bicyclic) bond motifs is 1. The lowest BCUT2D eigenvalue weighted by Crippen LogP contribution is -2.45. The number of benzene rings is 1. The summed E-state index contributed by atoms with van der Waals surface area (Å²) in [6.45, 7) is 3.93. The molecule has 0 saturated carbocycles. The molecule has 5 nitrogen and oxygen atoms in total. The summed E-state index contributed by atoms with van der Waals surface area (Å²) in [5.41, 5.74) is 8.94. The van der Waals surface area contributed by atoms with E-state index in [1.165, 1.54) is 24.0 Å². The van der Waals surface area contributed by atoms with Crippen molar-refractivity contribution < 1.29 is 9.47 Å². The van der Waals surface area contributed by atoms with Crippen molar-refractivity contribution in [3.8, 4) is 5.75 Å². The first-order valence-electron chi connectivity index (χ1n) is 8.07. The summed E-state index contributed by atoms with van der Waals surface area (Å²) in [5.74, 6) is 2.06. The molecule has 1 aromatic carbocycles. The number of morpholine rings is 1. The van der Waals surface area contributed by atoms with Crippen LogP contribution in [-0.4, -0.2) is 50.8 Å². The molecular weight excluding hydrogens is 405 g/mol. The monoisotopic (exact) mass is 431 g/mol. The van der Waals surface area contributed by atoms with E-state index in [2.05, 4.69) is 22.0 Å². The Bertz CT molecular complexity index is 545. The summed E-state index contributed by atoms with van der Waals surface area (Å²) in [6.07, 6.45) is 3.52. The molecule has 23 heavy (non-hydrogen) atoms. The molecule has 0 aromatic heterocycles. The first-order valence-corrected chi connectivity index (χ1v) is 8.07. The maximum absolute atomic E-state index is 6.13. The summed E-state index contributed by atoms with van der Waals surface area (Å²) < 4.78 is 10.7. The number of hydrogen-bond acceptors (Lipinski definition) is 3. The highest BCUT2D eigenvalue weighted by Crippen LogP contribution is 2.33. The average molecular weight is 431 g/mol. The van der Waals surface area contributed by atoms with Crippen LogP contribution in [0, 0.1) is 0 Å². The molecule has 0 radical (unpaired) electrons. The molecule has 3 rings (SSSR count). The first kappa shape index (κ1) is 18.3. The molecule has 1 aromatic rings. The quantitative estimate of drug-likeness (QED) is 0.454. The molecule has 0 bridgehead atoms. The van der Waals surface area contributed by atoms with Crippen molar-refractivity contribution in [3.63, 3.8) is 0 Å². The van der Waals surface area contributed by atoms with Crippen molar-refractivity contribution in [2.24, 2.45) is 10.7 Å². The van der Waals surface area contributed by atoms with E-state index in [0.717, 1.165) is 45.0 Å². The smallest absolute Gasteiger partial charge is 0.191 e. The van der Waals surface area contributed by atoms with Gasteiger partial charge < -0.3 is 20.1 Å². The third kappa shape index (κ3) is 4.50. The summed E-state index contributed by atoms with van der Waals surface area (Å²) in [6, 6.07) is 6.40. The van der Waals surface area contributed by atoms with Crippen LogP contribution in [-0.2, 0) is 11.2 Å². The number of nitrogens with zero attached hydrogens (tertiary/aromatic N) is 2. The van der Waals surface area contributed by atoms with Crippen LogP contribution in [0.3, 0.4) is 0 Å². The Kier molecular flexibility index (Phi) is 6.95. The lowest BCUT2D eigenvalue weighted by Gasteiger charge is -2.29. The predicted octanol–water partition coefficient (Wildman–Crippen LogP) is 2.38. The van der Waals surface area contributed by atoms with Crippen LogP contribution in [0.15, 0.2) is 23.2 Å². The van der Waals surface area contributed by atoms with Gasteiger partial charge >= 0.3 is 0 Å². The van der Waals surface area contributed by atoms with Crippen LogP contribution in [0.4, 0.5) is 0 Å². The number of aryl methyl sites for hydroxylation is 1. The van der Waals surface area contributed by atoms with Gasteiger partial charge in [-0.15, -0.1) is 24.0 Å². The predicted molar refractivity (Wildman–Crippen MR) is 103 cm³/mol. The second-order valence-electron chi connectivity index (χ2n) is 5.95. The molecule has 1 atom stereocenters. The fourth-order valence-corrected chi connectivity index (χ4v) is 3.30. The standard InChI is InChI=1S/C17H25N3O2.HI/c1-21-15-5-6-16-13(11-15)3-2-4-14(16)12-19-17(18)20-7-9-22-10-8-20;/h5-6,11,14H,2-4,7-10,12H2,1H3,(H2,18,19);1H. The fourth-order valence-electron chi connectivity index (χ4n) is 3.30. The molecule has 1 heterocycles.